The topological polar surface area (TPSA) is 139 Å². The third-order valence-electron chi connectivity index (χ3n) is 6.74. The summed E-state index contributed by atoms with van der Waals surface area (Å²) in [5, 5.41) is 24.0. The van der Waals surface area contributed by atoms with Crippen molar-refractivity contribution in [3.63, 3.8) is 0 Å². The molecular formula is C30H33IN2O8. The van der Waals surface area contributed by atoms with Crippen LogP contribution in [-0.4, -0.2) is 78.1 Å². The number of aliphatic hydroxyl groups is 2. The van der Waals surface area contributed by atoms with Crippen molar-refractivity contribution in [1.82, 2.24) is 10.2 Å². The number of nitrogens with zero attached hydrogens (tertiary/aromatic N) is 1. The molecule has 2 amide bonds. The molecule has 4 rings (SSSR count). The van der Waals surface area contributed by atoms with E-state index in [-0.39, 0.29) is 37.3 Å². The van der Waals surface area contributed by atoms with Crippen molar-refractivity contribution in [3.05, 3.63) is 85.8 Å². The first kappa shape index (κ1) is 30.7. The van der Waals surface area contributed by atoms with Crippen LogP contribution in [0.3, 0.4) is 0 Å². The van der Waals surface area contributed by atoms with Crippen LogP contribution in [0.25, 0.3) is 11.0 Å². The number of para-hydroxylation sites is 2. The summed E-state index contributed by atoms with van der Waals surface area (Å²) in [4.78, 5) is 41.4. The summed E-state index contributed by atoms with van der Waals surface area (Å²) in [6.45, 7) is 2.67. The number of rotatable bonds is 12. The van der Waals surface area contributed by atoms with Crippen LogP contribution in [0, 0.1) is 3.57 Å². The highest BCUT2D eigenvalue weighted by atomic mass is 127. The summed E-state index contributed by atoms with van der Waals surface area (Å²) in [7, 11) is 0. The van der Waals surface area contributed by atoms with E-state index < -0.39 is 35.7 Å². The third-order valence-corrected chi connectivity index (χ3v) is 7.63. The molecule has 1 aliphatic carbocycles. The molecule has 1 heterocycles. The number of hydrogen-bond donors (Lipinski definition) is 3. The van der Waals surface area contributed by atoms with Crippen molar-refractivity contribution in [2.75, 3.05) is 32.9 Å². The molecule has 3 N–H and O–H groups in total. The largest absolute Gasteiger partial charge is 0.482 e. The lowest BCUT2D eigenvalue weighted by molar-refractivity contribution is -0.118. The second-order valence-corrected chi connectivity index (χ2v) is 10.6. The third kappa shape index (κ3) is 7.53. The highest BCUT2D eigenvalue weighted by Crippen LogP contribution is 2.30. The molecule has 0 aliphatic heterocycles. The molecule has 41 heavy (non-hydrogen) atoms. The summed E-state index contributed by atoms with van der Waals surface area (Å²) >= 11 is 2.12. The van der Waals surface area contributed by atoms with Gasteiger partial charge in [0.15, 0.2) is 0 Å². The Bertz CT molecular complexity index is 1460. The van der Waals surface area contributed by atoms with E-state index >= 15 is 0 Å². The average molecular weight is 677 g/mol. The summed E-state index contributed by atoms with van der Waals surface area (Å²) < 4.78 is 17.9. The molecule has 218 valence electrons. The first-order valence-corrected chi connectivity index (χ1v) is 14.5. The number of benzene rings is 2. The standard InChI is InChI=1S/C30H33IN2O8/c1-2-39-15-7-13-33(29(37)21-16-19-8-3-5-10-24(19)41-30(21)38)23-17-20(28(36)32-12-14-34)18-26(27(23)35)40-25-11-6-4-9-22(25)31/h3-6,8-11,16,18,23,26-27,34-35H,2,7,12-15,17H2,1H3,(H,32,36)/t23-,26+,27+/m1/s1. The minimum Gasteiger partial charge on any atom is -0.482 e. The second-order valence-electron chi connectivity index (χ2n) is 9.48. The van der Waals surface area contributed by atoms with Gasteiger partial charge in [0, 0.05) is 43.7 Å². The molecule has 3 aromatic rings. The quantitative estimate of drug-likeness (QED) is 0.151. The average Bonchev–Trinajstić information content (AvgIpc) is 2.97. The smallest absolute Gasteiger partial charge is 0.349 e. The van der Waals surface area contributed by atoms with Gasteiger partial charge in [0.1, 0.15) is 29.1 Å². The summed E-state index contributed by atoms with van der Waals surface area (Å²) in [5.74, 6) is -0.567. The van der Waals surface area contributed by atoms with E-state index in [0.717, 1.165) is 3.57 Å². The first-order chi connectivity index (χ1) is 19.8. The molecular weight excluding hydrogens is 643 g/mol. The van der Waals surface area contributed by atoms with Crippen LogP contribution in [-0.2, 0) is 9.53 Å². The highest BCUT2D eigenvalue weighted by molar-refractivity contribution is 14.1. The van der Waals surface area contributed by atoms with Gasteiger partial charge in [-0.25, -0.2) is 4.79 Å². The molecule has 1 aromatic heterocycles. The Hall–Kier alpha value is -3.26. The maximum atomic E-state index is 14.0. The lowest BCUT2D eigenvalue weighted by Gasteiger charge is -2.40. The van der Waals surface area contributed by atoms with Gasteiger partial charge in [-0.15, -0.1) is 0 Å². The minimum atomic E-state index is -1.23. The number of amides is 2. The minimum absolute atomic E-state index is 0.00343. The van der Waals surface area contributed by atoms with Gasteiger partial charge in [0.05, 0.1) is 16.2 Å². The van der Waals surface area contributed by atoms with E-state index in [2.05, 4.69) is 27.9 Å². The van der Waals surface area contributed by atoms with Crippen LogP contribution in [0.2, 0.25) is 0 Å². The molecule has 3 atom stereocenters. The van der Waals surface area contributed by atoms with E-state index in [1.165, 1.54) is 11.0 Å². The van der Waals surface area contributed by atoms with Crippen LogP contribution in [0.15, 0.2) is 75.5 Å². The van der Waals surface area contributed by atoms with Crippen LogP contribution in [0.5, 0.6) is 5.75 Å². The fraction of sp³-hybridized carbons (Fsp3) is 0.367. The van der Waals surface area contributed by atoms with Crippen molar-refractivity contribution in [3.8, 4) is 5.75 Å². The first-order valence-electron chi connectivity index (χ1n) is 13.4. The molecule has 1 aliphatic rings. The molecule has 0 spiro atoms. The maximum absolute atomic E-state index is 14.0. The zero-order valence-corrected chi connectivity index (χ0v) is 24.8. The number of aliphatic hydroxyl groups excluding tert-OH is 2. The van der Waals surface area contributed by atoms with Crippen molar-refractivity contribution >= 4 is 45.4 Å². The van der Waals surface area contributed by atoms with E-state index in [1.54, 1.807) is 42.5 Å². The molecule has 10 nitrogen and oxygen atoms in total. The SMILES string of the molecule is CCOCCCN(C(=O)c1cc2ccccc2oc1=O)[C@@H]1CC(C(=O)NCCO)=C[C@H](Oc2ccccc2I)[C@H]1O. The molecule has 0 fully saturated rings. The Kier molecular flexibility index (Phi) is 10.9. The predicted molar refractivity (Wildman–Crippen MR) is 161 cm³/mol. The molecule has 0 saturated carbocycles. The van der Waals surface area contributed by atoms with Crippen molar-refractivity contribution in [1.29, 1.82) is 0 Å². The Morgan fingerprint density at radius 3 is 2.68 bits per heavy atom. The number of nitrogens with one attached hydrogen (secondary N) is 1. The van der Waals surface area contributed by atoms with Gasteiger partial charge in [0.25, 0.3) is 5.91 Å². The zero-order chi connectivity index (χ0) is 29.4. The number of halogens is 1. The van der Waals surface area contributed by atoms with E-state index in [0.29, 0.717) is 36.4 Å². The number of hydrogen-bond acceptors (Lipinski definition) is 8. The Morgan fingerprint density at radius 1 is 1.17 bits per heavy atom. The molecule has 0 saturated heterocycles. The number of carbonyl (C=O) groups is 2. The van der Waals surface area contributed by atoms with Gasteiger partial charge in [-0.3, -0.25) is 9.59 Å². The summed E-state index contributed by atoms with van der Waals surface area (Å²) in [6, 6.07) is 14.7. The molecule has 0 unspecified atom stereocenters. The Balaban J connectivity index is 1.72. The lowest BCUT2D eigenvalue weighted by atomic mass is 9.87. The fourth-order valence-electron chi connectivity index (χ4n) is 4.73. The van der Waals surface area contributed by atoms with Crippen molar-refractivity contribution in [2.24, 2.45) is 0 Å². The lowest BCUT2D eigenvalue weighted by Crippen LogP contribution is -2.56. The van der Waals surface area contributed by atoms with Crippen molar-refractivity contribution < 1.29 is 33.7 Å². The summed E-state index contributed by atoms with van der Waals surface area (Å²) in [5.41, 5.74) is -0.329. The highest BCUT2D eigenvalue weighted by Gasteiger charge is 2.41. The van der Waals surface area contributed by atoms with Gasteiger partial charge in [0.2, 0.25) is 5.91 Å². The van der Waals surface area contributed by atoms with Crippen LogP contribution in [0.4, 0.5) is 0 Å². The predicted octanol–water partition coefficient (Wildman–Crippen LogP) is 2.88. The van der Waals surface area contributed by atoms with E-state index in [1.807, 2.05) is 19.1 Å². The molecule has 0 radical (unpaired) electrons. The maximum Gasteiger partial charge on any atom is 0.349 e. The van der Waals surface area contributed by atoms with Crippen LogP contribution in [0.1, 0.15) is 30.1 Å². The molecule has 2 aromatic carbocycles. The number of carbonyl (C=O) groups excluding carboxylic acids is 2. The Morgan fingerprint density at radius 2 is 1.93 bits per heavy atom. The zero-order valence-electron chi connectivity index (χ0n) is 22.6. The van der Waals surface area contributed by atoms with E-state index in [9.17, 15) is 24.6 Å². The normalized spacial score (nSPS) is 18.5. The molecule has 0 bridgehead atoms. The van der Waals surface area contributed by atoms with Gasteiger partial charge in [-0.1, -0.05) is 30.3 Å². The fourth-order valence-corrected chi connectivity index (χ4v) is 5.25. The van der Waals surface area contributed by atoms with Crippen LogP contribution >= 0.6 is 22.6 Å². The van der Waals surface area contributed by atoms with Gasteiger partial charge >= 0.3 is 5.63 Å². The van der Waals surface area contributed by atoms with Crippen LogP contribution < -0.4 is 15.7 Å². The summed E-state index contributed by atoms with van der Waals surface area (Å²) in [6.07, 6.45) is -0.230. The monoisotopic (exact) mass is 676 g/mol. The second kappa shape index (κ2) is 14.6. The molecule has 11 heteroatoms. The number of fused-ring (bicyclic) bond motifs is 1. The Labute approximate surface area is 251 Å². The van der Waals surface area contributed by atoms with Crippen molar-refractivity contribution in [2.45, 2.75) is 38.0 Å². The number of ether oxygens (including phenoxy) is 2. The van der Waals surface area contributed by atoms with Gasteiger partial charge in [-0.05, 0) is 66.3 Å². The van der Waals surface area contributed by atoms with Gasteiger partial charge < -0.3 is 34.3 Å². The van der Waals surface area contributed by atoms with E-state index in [4.69, 9.17) is 13.9 Å². The van der Waals surface area contributed by atoms with Gasteiger partial charge in [-0.2, -0.15) is 0 Å².